The van der Waals surface area contributed by atoms with E-state index in [1.165, 1.54) is 38.8 Å². The zero-order chi connectivity index (χ0) is 19.3. The van der Waals surface area contributed by atoms with Crippen molar-refractivity contribution in [3.8, 4) is 11.4 Å². The second kappa shape index (κ2) is 10.6. The molecule has 0 spiro atoms. The molecule has 29 heavy (non-hydrogen) atoms. The highest BCUT2D eigenvalue weighted by atomic mass is 127. The number of piperidine rings is 1. The van der Waals surface area contributed by atoms with Crippen LogP contribution < -0.4 is 10.6 Å². The van der Waals surface area contributed by atoms with Gasteiger partial charge in [0.15, 0.2) is 5.96 Å². The molecule has 2 aliphatic rings. The highest BCUT2D eigenvalue weighted by Crippen LogP contribution is 2.29. The fourth-order valence-electron chi connectivity index (χ4n) is 3.63. The number of benzene rings is 1. The van der Waals surface area contributed by atoms with E-state index in [-0.39, 0.29) is 24.0 Å². The predicted molar refractivity (Wildman–Crippen MR) is 126 cm³/mol. The lowest BCUT2D eigenvalue weighted by molar-refractivity contribution is 0.197. The van der Waals surface area contributed by atoms with Gasteiger partial charge in [-0.2, -0.15) is 4.98 Å². The van der Waals surface area contributed by atoms with Crippen LogP contribution >= 0.6 is 35.6 Å². The van der Waals surface area contributed by atoms with Crippen molar-refractivity contribution in [1.29, 1.82) is 0 Å². The largest absolute Gasteiger partial charge is 0.356 e. The molecule has 1 saturated carbocycles. The van der Waals surface area contributed by atoms with E-state index in [2.05, 4.69) is 30.7 Å². The number of guanidine groups is 1. The number of halogens is 2. The Hall–Kier alpha value is -1.39. The van der Waals surface area contributed by atoms with Gasteiger partial charge >= 0.3 is 0 Å². The summed E-state index contributed by atoms with van der Waals surface area (Å²) in [6, 6.07) is 8.79. The standard InChI is InChI=1S/C20H27ClN6O.HI/c1-22-20(24-16-8-11-27(12-9-16)17-5-6-17)23-10-7-18-25-19(26-28-18)14-3-2-4-15(21)13-14;/h2-4,13,16-17H,5-12H2,1H3,(H2,22,23,24);1H. The molecule has 0 bridgehead atoms. The minimum atomic E-state index is 0. The first-order chi connectivity index (χ1) is 13.7. The summed E-state index contributed by atoms with van der Waals surface area (Å²) in [5, 5.41) is 11.6. The fourth-order valence-corrected chi connectivity index (χ4v) is 3.82. The van der Waals surface area contributed by atoms with Crippen LogP contribution in [-0.4, -0.2) is 59.8 Å². The van der Waals surface area contributed by atoms with Crippen molar-refractivity contribution >= 4 is 41.5 Å². The number of aromatic nitrogens is 2. The van der Waals surface area contributed by atoms with Gasteiger partial charge in [-0.15, -0.1) is 24.0 Å². The Labute approximate surface area is 193 Å². The molecule has 2 fully saturated rings. The van der Waals surface area contributed by atoms with Gasteiger partial charge < -0.3 is 20.1 Å². The Kier molecular flexibility index (Phi) is 8.14. The summed E-state index contributed by atoms with van der Waals surface area (Å²) in [5.74, 6) is 1.98. The lowest BCUT2D eigenvalue weighted by Crippen LogP contribution is -2.49. The van der Waals surface area contributed by atoms with Gasteiger partial charge in [0.2, 0.25) is 11.7 Å². The first kappa shape index (κ1) is 22.3. The molecule has 2 N–H and O–H groups in total. The van der Waals surface area contributed by atoms with E-state index < -0.39 is 0 Å². The first-order valence-electron chi connectivity index (χ1n) is 10.0. The summed E-state index contributed by atoms with van der Waals surface area (Å²) in [4.78, 5) is 11.4. The second-order valence-electron chi connectivity index (χ2n) is 7.46. The average molecular weight is 531 g/mol. The zero-order valence-electron chi connectivity index (χ0n) is 16.6. The van der Waals surface area contributed by atoms with Gasteiger partial charge in [0.25, 0.3) is 0 Å². The molecule has 0 atom stereocenters. The summed E-state index contributed by atoms with van der Waals surface area (Å²) >= 11 is 6.02. The molecular formula is C20H28ClIN6O. The molecule has 9 heteroatoms. The van der Waals surface area contributed by atoms with E-state index >= 15 is 0 Å². The van der Waals surface area contributed by atoms with Crippen LogP contribution in [0.5, 0.6) is 0 Å². The first-order valence-corrected chi connectivity index (χ1v) is 10.4. The quantitative estimate of drug-likeness (QED) is 0.339. The highest BCUT2D eigenvalue weighted by molar-refractivity contribution is 14.0. The van der Waals surface area contributed by atoms with Crippen molar-refractivity contribution in [2.24, 2.45) is 4.99 Å². The van der Waals surface area contributed by atoms with E-state index in [1.807, 2.05) is 24.3 Å². The Morgan fingerprint density at radius 1 is 1.28 bits per heavy atom. The minimum absolute atomic E-state index is 0. The Balaban J connectivity index is 0.00000240. The van der Waals surface area contributed by atoms with E-state index in [1.54, 1.807) is 7.05 Å². The molecule has 158 valence electrons. The van der Waals surface area contributed by atoms with Gasteiger partial charge in [0.05, 0.1) is 0 Å². The van der Waals surface area contributed by atoms with Crippen molar-refractivity contribution < 1.29 is 4.52 Å². The number of hydrogen-bond donors (Lipinski definition) is 2. The van der Waals surface area contributed by atoms with E-state index in [9.17, 15) is 0 Å². The average Bonchev–Trinajstić information content (AvgIpc) is 3.46. The molecule has 0 unspecified atom stereocenters. The molecule has 1 aromatic heterocycles. The monoisotopic (exact) mass is 530 g/mol. The van der Waals surface area contributed by atoms with Crippen molar-refractivity contribution in [3.05, 3.63) is 35.2 Å². The molecule has 0 amide bonds. The Bertz CT molecular complexity index is 817. The van der Waals surface area contributed by atoms with Crippen molar-refractivity contribution in [1.82, 2.24) is 25.7 Å². The van der Waals surface area contributed by atoms with Crippen LogP contribution in [0.2, 0.25) is 5.02 Å². The minimum Gasteiger partial charge on any atom is -0.356 e. The van der Waals surface area contributed by atoms with Crippen molar-refractivity contribution in [2.75, 3.05) is 26.7 Å². The smallest absolute Gasteiger partial charge is 0.228 e. The van der Waals surface area contributed by atoms with E-state index in [0.29, 0.717) is 35.7 Å². The third-order valence-electron chi connectivity index (χ3n) is 5.34. The zero-order valence-corrected chi connectivity index (χ0v) is 19.7. The number of nitrogens with zero attached hydrogens (tertiary/aromatic N) is 4. The normalized spacial score (nSPS) is 18.3. The molecule has 1 saturated heterocycles. The third kappa shape index (κ3) is 6.29. The van der Waals surface area contributed by atoms with Gasteiger partial charge in [-0.05, 0) is 37.8 Å². The number of hydrogen-bond acceptors (Lipinski definition) is 5. The topological polar surface area (TPSA) is 78.6 Å². The Morgan fingerprint density at radius 2 is 2.07 bits per heavy atom. The lowest BCUT2D eigenvalue weighted by Gasteiger charge is -2.33. The van der Waals surface area contributed by atoms with Crippen LogP contribution in [0.25, 0.3) is 11.4 Å². The molecule has 4 rings (SSSR count). The summed E-state index contributed by atoms with van der Waals surface area (Å²) < 4.78 is 5.35. The fraction of sp³-hybridized carbons (Fsp3) is 0.550. The molecular weight excluding hydrogens is 503 g/mol. The Morgan fingerprint density at radius 3 is 2.76 bits per heavy atom. The molecule has 2 aromatic rings. The summed E-state index contributed by atoms with van der Waals surface area (Å²) in [6.07, 6.45) is 5.74. The van der Waals surface area contributed by atoms with Gasteiger partial charge in [-0.3, -0.25) is 4.99 Å². The van der Waals surface area contributed by atoms with Crippen LogP contribution in [0, 0.1) is 0 Å². The van der Waals surface area contributed by atoms with Gasteiger partial charge in [-0.1, -0.05) is 28.9 Å². The van der Waals surface area contributed by atoms with Crippen LogP contribution in [0.1, 0.15) is 31.6 Å². The van der Waals surface area contributed by atoms with E-state index in [4.69, 9.17) is 16.1 Å². The molecule has 1 aromatic carbocycles. The maximum Gasteiger partial charge on any atom is 0.228 e. The number of nitrogens with one attached hydrogen (secondary N) is 2. The van der Waals surface area contributed by atoms with Crippen LogP contribution in [0.15, 0.2) is 33.8 Å². The number of aliphatic imine (C=N–C) groups is 1. The third-order valence-corrected chi connectivity index (χ3v) is 5.57. The molecule has 0 radical (unpaired) electrons. The van der Waals surface area contributed by atoms with Gasteiger partial charge in [0, 0.05) is 55.8 Å². The summed E-state index contributed by atoms with van der Waals surface area (Å²) in [6.45, 7) is 3.05. The number of likely N-dealkylation sites (tertiary alicyclic amines) is 1. The molecule has 1 aliphatic heterocycles. The van der Waals surface area contributed by atoms with Crippen LogP contribution in [-0.2, 0) is 6.42 Å². The summed E-state index contributed by atoms with van der Waals surface area (Å²) in [7, 11) is 1.80. The summed E-state index contributed by atoms with van der Waals surface area (Å²) in [5.41, 5.74) is 0.852. The predicted octanol–water partition coefficient (Wildman–Crippen LogP) is 3.34. The SMILES string of the molecule is CN=C(NCCc1nc(-c2cccc(Cl)c2)no1)NC1CCN(C2CC2)CC1.I. The molecule has 2 heterocycles. The van der Waals surface area contributed by atoms with Crippen molar-refractivity contribution in [3.63, 3.8) is 0 Å². The molecule has 7 nitrogen and oxygen atoms in total. The van der Waals surface area contributed by atoms with E-state index in [0.717, 1.165) is 17.6 Å². The molecule has 1 aliphatic carbocycles. The van der Waals surface area contributed by atoms with Gasteiger partial charge in [-0.25, -0.2) is 0 Å². The maximum atomic E-state index is 6.02. The lowest BCUT2D eigenvalue weighted by atomic mass is 10.1. The highest BCUT2D eigenvalue weighted by Gasteiger charge is 2.31. The second-order valence-corrected chi connectivity index (χ2v) is 7.89. The van der Waals surface area contributed by atoms with Gasteiger partial charge in [0.1, 0.15) is 0 Å². The maximum absolute atomic E-state index is 6.02. The van der Waals surface area contributed by atoms with Crippen molar-refractivity contribution in [2.45, 2.75) is 44.2 Å². The van der Waals surface area contributed by atoms with Crippen LogP contribution in [0.4, 0.5) is 0 Å². The van der Waals surface area contributed by atoms with Crippen LogP contribution in [0.3, 0.4) is 0 Å². The number of rotatable bonds is 6.